The average Bonchev–Trinajstić information content (AvgIpc) is 2.69. The largest absolute Gasteiger partial charge is 0.370 e. The molecular formula is C15H18FN3. The number of anilines is 1. The van der Waals surface area contributed by atoms with Gasteiger partial charge >= 0.3 is 0 Å². The van der Waals surface area contributed by atoms with Crippen LogP contribution in [-0.2, 0) is 0 Å². The summed E-state index contributed by atoms with van der Waals surface area (Å²) in [5.41, 5.74) is 3.89. The predicted octanol–water partition coefficient (Wildman–Crippen LogP) is 3.35. The minimum atomic E-state index is -0.141. The molecule has 1 aliphatic rings. The monoisotopic (exact) mass is 259 g/mol. The molecule has 0 fully saturated rings. The molecule has 19 heavy (non-hydrogen) atoms. The van der Waals surface area contributed by atoms with E-state index in [1.165, 1.54) is 5.56 Å². The molecule has 2 heterocycles. The summed E-state index contributed by atoms with van der Waals surface area (Å²) < 4.78 is 15.7. The Morgan fingerprint density at radius 1 is 1.32 bits per heavy atom. The summed E-state index contributed by atoms with van der Waals surface area (Å²) in [5.74, 6) is 0.924. The topological polar surface area (TPSA) is 29.9 Å². The van der Waals surface area contributed by atoms with Crippen LogP contribution in [0.15, 0.2) is 18.2 Å². The predicted molar refractivity (Wildman–Crippen MR) is 74.1 cm³/mol. The van der Waals surface area contributed by atoms with Crippen LogP contribution in [0.4, 0.5) is 10.2 Å². The van der Waals surface area contributed by atoms with Crippen LogP contribution in [-0.4, -0.2) is 16.3 Å². The normalized spacial score (nSPS) is 18.0. The van der Waals surface area contributed by atoms with Crippen molar-refractivity contribution in [2.75, 3.05) is 11.9 Å². The molecule has 1 N–H and O–H groups in total. The van der Waals surface area contributed by atoms with Crippen LogP contribution >= 0.6 is 0 Å². The fourth-order valence-electron chi connectivity index (χ4n) is 2.64. The van der Waals surface area contributed by atoms with E-state index in [4.69, 9.17) is 0 Å². The zero-order valence-corrected chi connectivity index (χ0v) is 11.5. The first-order chi connectivity index (χ1) is 9.08. The van der Waals surface area contributed by atoms with Gasteiger partial charge in [0.15, 0.2) is 0 Å². The molecule has 3 rings (SSSR count). The first kappa shape index (κ1) is 12.2. The van der Waals surface area contributed by atoms with Crippen molar-refractivity contribution >= 4 is 5.82 Å². The molecule has 0 spiro atoms. The van der Waals surface area contributed by atoms with Gasteiger partial charge in [-0.15, -0.1) is 0 Å². The van der Waals surface area contributed by atoms with Gasteiger partial charge in [0.25, 0.3) is 0 Å². The summed E-state index contributed by atoms with van der Waals surface area (Å²) in [7, 11) is 0. The summed E-state index contributed by atoms with van der Waals surface area (Å²) in [5, 5.41) is 7.98. The van der Waals surface area contributed by atoms with Gasteiger partial charge in [-0.1, -0.05) is 12.1 Å². The van der Waals surface area contributed by atoms with Gasteiger partial charge in [-0.3, -0.25) is 0 Å². The van der Waals surface area contributed by atoms with Gasteiger partial charge < -0.3 is 5.32 Å². The number of hydrogen-bond donors (Lipinski definition) is 1. The maximum absolute atomic E-state index is 13.7. The zero-order chi connectivity index (χ0) is 13.6. The lowest BCUT2D eigenvalue weighted by atomic mass is 10.0. The minimum absolute atomic E-state index is 0.124. The molecule has 2 aromatic rings. The third-order valence-electron chi connectivity index (χ3n) is 3.97. The highest BCUT2D eigenvalue weighted by atomic mass is 19.1. The quantitative estimate of drug-likeness (QED) is 0.851. The average molecular weight is 259 g/mol. The number of halogens is 1. The molecule has 4 heteroatoms. The van der Waals surface area contributed by atoms with Crippen LogP contribution in [0.2, 0.25) is 0 Å². The van der Waals surface area contributed by atoms with Crippen LogP contribution in [0.3, 0.4) is 0 Å². The number of aryl methyl sites for hydroxylation is 2. The number of nitrogens with zero attached hydrogens (tertiary/aromatic N) is 2. The molecule has 0 radical (unpaired) electrons. The van der Waals surface area contributed by atoms with E-state index in [1.807, 2.05) is 23.7 Å². The highest BCUT2D eigenvalue weighted by molar-refractivity contribution is 5.49. The third kappa shape index (κ3) is 1.91. The lowest BCUT2D eigenvalue weighted by Gasteiger charge is -2.26. The molecule has 0 amide bonds. The Bertz CT molecular complexity index is 631. The number of aromatic nitrogens is 2. The molecule has 0 aliphatic carbocycles. The zero-order valence-electron chi connectivity index (χ0n) is 11.5. The van der Waals surface area contributed by atoms with Crippen LogP contribution in [0.1, 0.15) is 34.8 Å². The maximum atomic E-state index is 13.7. The fourth-order valence-corrected chi connectivity index (χ4v) is 2.64. The van der Waals surface area contributed by atoms with Gasteiger partial charge in [0.05, 0.1) is 11.7 Å². The van der Waals surface area contributed by atoms with E-state index in [-0.39, 0.29) is 11.9 Å². The molecule has 0 bridgehead atoms. The number of benzene rings is 1. The molecule has 0 saturated carbocycles. The number of nitrogens with one attached hydrogen (secondary N) is 1. The number of fused-ring (bicyclic) bond motifs is 1. The van der Waals surface area contributed by atoms with E-state index in [2.05, 4.69) is 17.3 Å². The van der Waals surface area contributed by atoms with Gasteiger partial charge in [-0.05, 0) is 44.4 Å². The molecule has 1 aromatic carbocycles. The maximum Gasteiger partial charge on any atom is 0.128 e. The highest BCUT2D eigenvalue weighted by Gasteiger charge is 2.25. The molecule has 0 saturated heterocycles. The second kappa shape index (κ2) is 4.37. The van der Waals surface area contributed by atoms with Crippen molar-refractivity contribution in [3.05, 3.63) is 46.4 Å². The Morgan fingerprint density at radius 2 is 2.11 bits per heavy atom. The number of rotatable bonds is 1. The second-order valence-electron chi connectivity index (χ2n) is 5.24. The van der Waals surface area contributed by atoms with Crippen LogP contribution in [0.5, 0.6) is 0 Å². The summed E-state index contributed by atoms with van der Waals surface area (Å²) in [6.07, 6.45) is 0.927. The Kier molecular flexibility index (Phi) is 2.81. The van der Waals surface area contributed by atoms with Crippen LogP contribution in [0, 0.1) is 26.6 Å². The summed E-state index contributed by atoms with van der Waals surface area (Å²) in [6.45, 7) is 6.76. The molecule has 1 unspecified atom stereocenters. The van der Waals surface area contributed by atoms with Gasteiger partial charge in [0, 0.05) is 12.1 Å². The van der Waals surface area contributed by atoms with E-state index < -0.39 is 0 Å². The van der Waals surface area contributed by atoms with E-state index in [1.54, 1.807) is 13.0 Å². The molecule has 1 aromatic heterocycles. The molecule has 100 valence electrons. The Balaban J connectivity index is 2.08. The van der Waals surface area contributed by atoms with Crippen molar-refractivity contribution in [2.24, 2.45) is 0 Å². The minimum Gasteiger partial charge on any atom is -0.370 e. The Hall–Kier alpha value is -1.84. The smallest absolute Gasteiger partial charge is 0.128 e. The van der Waals surface area contributed by atoms with Gasteiger partial charge in [0.1, 0.15) is 11.6 Å². The van der Waals surface area contributed by atoms with Crippen molar-refractivity contribution < 1.29 is 4.39 Å². The van der Waals surface area contributed by atoms with E-state index in [9.17, 15) is 4.39 Å². The Morgan fingerprint density at radius 3 is 2.84 bits per heavy atom. The van der Waals surface area contributed by atoms with Crippen LogP contribution in [0.25, 0.3) is 0 Å². The fraction of sp³-hybridized carbons (Fsp3) is 0.400. The van der Waals surface area contributed by atoms with Gasteiger partial charge in [-0.25, -0.2) is 9.07 Å². The van der Waals surface area contributed by atoms with E-state index in [0.717, 1.165) is 30.0 Å². The van der Waals surface area contributed by atoms with Crippen molar-refractivity contribution in [3.63, 3.8) is 0 Å². The first-order valence-corrected chi connectivity index (χ1v) is 6.63. The van der Waals surface area contributed by atoms with Crippen molar-refractivity contribution in [1.82, 2.24) is 9.78 Å². The Labute approximate surface area is 112 Å². The second-order valence-corrected chi connectivity index (χ2v) is 5.24. The lowest BCUT2D eigenvalue weighted by Crippen LogP contribution is -2.24. The first-order valence-electron chi connectivity index (χ1n) is 6.63. The van der Waals surface area contributed by atoms with Crippen LogP contribution < -0.4 is 5.32 Å². The standard InChI is InChI=1S/C15H18FN3/c1-9-4-5-12(8-13(9)16)14-6-7-17-15-10(2)11(3)18-19(14)15/h4-5,8,14,17H,6-7H2,1-3H3. The highest BCUT2D eigenvalue weighted by Crippen LogP contribution is 2.32. The third-order valence-corrected chi connectivity index (χ3v) is 3.97. The lowest BCUT2D eigenvalue weighted by molar-refractivity contribution is 0.476. The van der Waals surface area contributed by atoms with Crippen molar-refractivity contribution in [1.29, 1.82) is 0 Å². The van der Waals surface area contributed by atoms with E-state index >= 15 is 0 Å². The SMILES string of the molecule is Cc1ccc(C2CCNc3c(C)c(C)nn32)cc1F. The molecular weight excluding hydrogens is 241 g/mol. The van der Waals surface area contributed by atoms with Crippen molar-refractivity contribution in [3.8, 4) is 0 Å². The molecule has 1 atom stereocenters. The van der Waals surface area contributed by atoms with E-state index in [0.29, 0.717) is 5.56 Å². The molecule has 1 aliphatic heterocycles. The van der Waals surface area contributed by atoms with Gasteiger partial charge in [0.2, 0.25) is 0 Å². The number of hydrogen-bond acceptors (Lipinski definition) is 2. The summed E-state index contributed by atoms with van der Waals surface area (Å²) >= 11 is 0. The summed E-state index contributed by atoms with van der Waals surface area (Å²) in [6, 6.07) is 5.61. The van der Waals surface area contributed by atoms with Crippen molar-refractivity contribution in [2.45, 2.75) is 33.2 Å². The van der Waals surface area contributed by atoms with Gasteiger partial charge in [-0.2, -0.15) is 5.10 Å². The summed E-state index contributed by atoms with van der Waals surface area (Å²) in [4.78, 5) is 0. The molecule has 3 nitrogen and oxygen atoms in total.